The average molecular weight is 468 g/mol. The van der Waals surface area contributed by atoms with Gasteiger partial charge in [0.25, 0.3) is 0 Å². The van der Waals surface area contributed by atoms with Gasteiger partial charge in [-0.05, 0) is 38.1 Å². The number of carboxylic acids is 1. The van der Waals surface area contributed by atoms with Crippen LogP contribution in [0.5, 0.6) is 0 Å². The predicted octanol–water partition coefficient (Wildman–Crippen LogP) is 6.05. The summed E-state index contributed by atoms with van der Waals surface area (Å²) in [6.45, 7) is 3.06. The Kier molecular flexibility index (Phi) is 5.87. The standard InChI is InChI=1S/C25H19F3N2O4/c1-13-21(31)18-12-16(25(26,27)28)11-17(23(18)34-22(13)15-7-4-3-5-8-15)14(2)30-19-9-6-10-29-20(19)24(32)33/h3-12,14,30H,1-2H3,(H,32,33). The van der Waals surface area contributed by atoms with Crippen LogP contribution in [0.3, 0.4) is 0 Å². The van der Waals surface area contributed by atoms with E-state index in [1.807, 2.05) is 0 Å². The minimum Gasteiger partial charge on any atom is -0.476 e. The molecule has 0 aliphatic heterocycles. The fraction of sp³-hybridized carbons (Fsp3) is 0.160. The first-order valence-electron chi connectivity index (χ1n) is 10.3. The minimum absolute atomic E-state index is 0.0109. The van der Waals surface area contributed by atoms with Gasteiger partial charge in [-0.1, -0.05) is 30.3 Å². The highest BCUT2D eigenvalue weighted by molar-refractivity contribution is 5.92. The van der Waals surface area contributed by atoms with E-state index in [2.05, 4.69) is 10.3 Å². The summed E-state index contributed by atoms with van der Waals surface area (Å²) in [6, 6.07) is 12.6. The molecule has 0 aliphatic rings. The van der Waals surface area contributed by atoms with Crippen molar-refractivity contribution in [2.45, 2.75) is 26.1 Å². The van der Waals surface area contributed by atoms with Gasteiger partial charge in [-0.25, -0.2) is 9.78 Å². The molecule has 4 aromatic rings. The number of benzene rings is 2. The monoisotopic (exact) mass is 468 g/mol. The zero-order valence-electron chi connectivity index (χ0n) is 18.1. The van der Waals surface area contributed by atoms with Gasteiger partial charge in [0.15, 0.2) is 11.1 Å². The molecule has 0 amide bonds. The Morgan fingerprint density at radius 1 is 1.12 bits per heavy atom. The molecule has 2 aromatic carbocycles. The van der Waals surface area contributed by atoms with E-state index in [1.165, 1.54) is 25.3 Å². The lowest BCUT2D eigenvalue weighted by Crippen LogP contribution is -2.16. The summed E-state index contributed by atoms with van der Waals surface area (Å²) in [5.74, 6) is -1.04. The number of nitrogens with one attached hydrogen (secondary N) is 1. The number of nitrogens with zero attached hydrogens (tertiary/aromatic N) is 1. The van der Waals surface area contributed by atoms with Crippen LogP contribution in [0.4, 0.5) is 18.9 Å². The fourth-order valence-corrected chi connectivity index (χ4v) is 3.77. The topological polar surface area (TPSA) is 92.4 Å². The molecule has 34 heavy (non-hydrogen) atoms. The molecule has 4 rings (SSSR count). The summed E-state index contributed by atoms with van der Waals surface area (Å²) in [6.07, 6.45) is -3.41. The molecule has 0 saturated carbocycles. The van der Waals surface area contributed by atoms with Gasteiger partial charge in [0.05, 0.1) is 22.7 Å². The van der Waals surface area contributed by atoms with E-state index in [-0.39, 0.29) is 39.2 Å². The van der Waals surface area contributed by atoms with Crippen molar-refractivity contribution < 1.29 is 27.5 Å². The smallest absolute Gasteiger partial charge is 0.416 e. The number of carboxylic acid groups (broad SMARTS) is 1. The normalized spacial score (nSPS) is 12.5. The number of hydrogen-bond acceptors (Lipinski definition) is 5. The average Bonchev–Trinajstić information content (AvgIpc) is 2.80. The molecule has 2 heterocycles. The first kappa shape index (κ1) is 23.0. The maximum absolute atomic E-state index is 13.7. The highest BCUT2D eigenvalue weighted by Crippen LogP contribution is 2.37. The first-order valence-corrected chi connectivity index (χ1v) is 10.3. The van der Waals surface area contributed by atoms with Crippen LogP contribution in [0.15, 0.2) is 70.0 Å². The van der Waals surface area contributed by atoms with Gasteiger partial charge in [0, 0.05) is 22.9 Å². The Morgan fingerprint density at radius 3 is 2.47 bits per heavy atom. The highest BCUT2D eigenvalue weighted by atomic mass is 19.4. The van der Waals surface area contributed by atoms with Crippen LogP contribution < -0.4 is 10.7 Å². The predicted molar refractivity (Wildman–Crippen MR) is 121 cm³/mol. The number of rotatable bonds is 5. The number of aromatic nitrogens is 1. The van der Waals surface area contributed by atoms with Gasteiger partial charge >= 0.3 is 12.1 Å². The van der Waals surface area contributed by atoms with Crippen LogP contribution in [0.1, 0.15) is 40.1 Å². The number of alkyl halides is 3. The Morgan fingerprint density at radius 2 is 1.82 bits per heavy atom. The molecule has 2 aromatic heterocycles. The van der Waals surface area contributed by atoms with Gasteiger partial charge in [-0.3, -0.25) is 4.79 Å². The molecule has 0 fully saturated rings. The number of hydrogen-bond donors (Lipinski definition) is 2. The molecule has 0 aliphatic carbocycles. The fourth-order valence-electron chi connectivity index (χ4n) is 3.77. The Bertz CT molecular complexity index is 1450. The van der Waals surface area contributed by atoms with E-state index < -0.39 is 29.2 Å². The molecule has 174 valence electrons. The molecular formula is C25H19F3N2O4. The zero-order chi connectivity index (χ0) is 24.6. The summed E-state index contributed by atoms with van der Waals surface area (Å²) < 4.78 is 47.1. The summed E-state index contributed by atoms with van der Waals surface area (Å²) in [7, 11) is 0. The maximum Gasteiger partial charge on any atom is 0.416 e. The van der Waals surface area contributed by atoms with Crippen molar-refractivity contribution in [3.8, 4) is 11.3 Å². The number of anilines is 1. The van der Waals surface area contributed by atoms with E-state index in [9.17, 15) is 27.9 Å². The van der Waals surface area contributed by atoms with E-state index in [1.54, 1.807) is 37.3 Å². The second kappa shape index (κ2) is 8.66. The second-order valence-electron chi connectivity index (χ2n) is 7.76. The summed E-state index contributed by atoms with van der Waals surface area (Å²) >= 11 is 0. The third-order valence-electron chi connectivity index (χ3n) is 5.46. The van der Waals surface area contributed by atoms with Crippen LogP contribution >= 0.6 is 0 Å². The SMILES string of the molecule is Cc1c(-c2ccccc2)oc2c(C(C)Nc3cccnc3C(=O)O)cc(C(F)(F)F)cc2c1=O. The van der Waals surface area contributed by atoms with Crippen molar-refractivity contribution in [2.24, 2.45) is 0 Å². The lowest BCUT2D eigenvalue weighted by Gasteiger charge is -2.20. The van der Waals surface area contributed by atoms with Crippen molar-refractivity contribution in [1.82, 2.24) is 4.98 Å². The molecule has 0 bridgehead atoms. The van der Waals surface area contributed by atoms with Gasteiger partial charge in [0.1, 0.15) is 11.3 Å². The van der Waals surface area contributed by atoms with Crippen LogP contribution in [0, 0.1) is 6.92 Å². The Hall–Kier alpha value is -4.14. The van der Waals surface area contributed by atoms with Crippen molar-refractivity contribution in [3.63, 3.8) is 0 Å². The van der Waals surface area contributed by atoms with Crippen molar-refractivity contribution in [1.29, 1.82) is 0 Å². The summed E-state index contributed by atoms with van der Waals surface area (Å²) in [5.41, 5.74) is -0.920. The first-order chi connectivity index (χ1) is 16.1. The second-order valence-corrected chi connectivity index (χ2v) is 7.76. The van der Waals surface area contributed by atoms with Crippen LogP contribution in [-0.4, -0.2) is 16.1 Å². The van der Waals surface area contributed by atoms with Crippen LogP contribution in [-0.2, 0) is 6.18 Å². The van der Waals surface area contributed by atoms with Gasteiger partial charge in [0.2, 0.25) is 0 Å². The Labute approximate surface area is 191 Å². The molecule has 6 nitrogen and oxygen atoms in total. The molecule has 9 heteroatoms. The maximum atomic E-state index is 13.7. The summed E-state index contributed by atoms with van der Waals surface area (Å²) in [5, 5.41) is 12.1. The van der Waals surface area contributed by atoms with E-state index in [0.717, 1.165) is 12.1 Å². The number of carbonyl (C=O) groups is 1. The quantitative estimate of drug-likeness (QED) is 0.370. The molecule has 0 saturated heterocycles. The third kappa shape index (κ3) is 4.24. The van der Waals surface area contributed by atoms with Crippen LogP contribution in [0.2, 0.25) is 0 Å². The molecule has 0 radical (unpaired) electrons. The number of fused-ring (bicyclic) bond motifs is 1. The highest BCUT2D eigenvalue weighted by Gasteiger charge is 2.33. The number of pyridine rings is 1. The van der Waals surface area contributed by atoms with E-state index >= 15 is 0 Å². The number of halogens is 3. The van der Waals surface area contributed by atoms with E-state index in [4.69, 9.17) is 4.42 Å². The summed E-state index contributed by atoms with van der Waals surface area (Å²) in [4.78, 5) is 28.5. The lowest BCUT2D eigenvalue weighted by atomic mass is 9.98. The molecular weight excluding hydrogens is 449 g/mol. The van der Waals surface area contributed by atoms with E-state index in [0.29, 0.717) is 5.56 Å². The van der Waals surface area contributed by atoms with Gasteiger partial charge in [-0.15, -0.1) is 0 Å². The van der Waals surface area contributed by atoms with Gasteiger partial charge in [-0.2, -0.15) is 13.2 Å². The zero-order valence-corrected chi connectivity index (χ0v) is 18.1. The van der Waals surface area contributed by atoms with Crippen molar-refractivity contribution in [2.75, 3.05) is 5.32 Å². The van der Waals surface area contributed by atoms with Crippen molar-refractivity contribution >= 4 is 22.6 Å². The van der Waals surface area contributed by atoms with Gasteiger partial charge < -0.3 is 14.8 Å². The largest absolute Gasteiger partial charge is 0.476 e. The van der Waals surface area contributed by atoms with Crippen LogP contribution in [0.25, 0.3) is 22.3 Å². The minimum atomic E-state index is -4.71. The molecule has 0 spiro atoms. The Balaban J connectivity index is 1.96. The molecule has 1 atom stereocenters. The lowest BCUT2D eigenvalue weighted by molar-refractivity contribution is -0.137. The molecule has 1 unspecified atom stereocenters. The number of aromatic carboxylic acids is 1. The van der Waals surface area contributed by atoms with Crippen molar-refractivity contribution in [3.05, 3.63) is 93.4 Å². The third-order valence-corrected chi connectivity index (χ3v) is 5.46. The molecule has 2 N–H and O–H groups in total.